The number of nitrogens with one attached hydrogen (secondary N) is 1. The highest BCUT2D eigenvalue weighted by Gasteiger charge is 2.26. The molecular formula is C28H36FN7O3. The molecule has 0 amide bonds. The molecule has 39 heavy (non-hydrogen) atoms. The topological polar surface area (TPSA) is 106 Å². The van der Waals surface area contributed by atoms with E-state index in [-0.39, 0.29) is 30.7 Å². The van der Waals surface area contributed by atoms with Gasteiger partial charge in [0, 0.05) is 43.2 Å². The number of aryl methyl sites for hydroxylation is 1. The van der Waals surface area contributed by atoms with Crippen LogP contribution in [0.1, 0.15) is 51.6 Å². The van der Waals surface area contributed by atoms with Crippen molar-refractivity contribution in [1.82, 2.24) is 34.7 Å². The van der Waals surface area contributed by atoms with Crippen LogP contribution in [-0.2, 0) is 20.1 Å². The lowest BCUT2D eigenvalue weighted by Gasteiger charge is -2.30. The third kappa shape index (κ3) is 5.28. The molecule has 2 bridgehead atoms. The third-order valence-corrected chi connectivity index (χ3v) is 6.87. The molecule has 0 saturated heterocycles. The Hall–Kier alpha value is -3.70. The Morgan fingerprint density at radius 2 is 2.00 bits per heavy atom. The van der Waals surface area contributed by atoms with E-state index in [0.717, 1.165) is 16.6 Å². The minimum atomic E-state index is -0.388. The van der Waals surface area contributed by atoms with Crippen molar-refractivity contribution in [2.24, 2.45) is 7.05 Å². The van der Waals surface area contributed by atoms with Gasteiger partial charge >= 0.3 is 0 Å². The maximum Gasteiger partial charge on any atom is 0.240 e. The highest BCUT2D eigenvalue weighted by molar-refractivity contribution is 5.93. The smallest absolute Gasteiger partial charge is 0.240 e. The van der Waals surface area contributed by atoms with E-state index < -0.39 is 0 Å². The first kappa shape index (κ1) is 26.9. The number of hydrogen-bond donors (Lipinski definition) is 2. The molecule has 0 unspecified atom stereocenters. The fourth-order valence-electron chi connectivity index (χ4n) is 4.92. The predicted molar refractivity (Wildman–Crippen MR) is 148 cm³/mol. The predicted octanol–water partition coefficient (Wildman–Crippen LogP) is 4.24. The fourth-order valence-corrected chi connectivity index (χ4v) is 4.92. The molecule has 208 valence electrons. The van der Waals surface area contributed by atoms with Crippen LogP contribution in [-0.4, -0.2) is 71.2 Å². The van der Waals surface area contributed by atoms with Crippen LogP contribution in [0.4, 0.5) is 4.39 Å². The van der Waals surface area contributed by atoms with Crippen molar-refractivity contribution in [3.05, 3.63) is 41.1 Å². The van der Waals surface area contributed by atoms with Crippen molar-refractivity contribution in [2.75, 3.05) is 13.2 Å². The summed E-state index contributed by atoms with van der Waals surface area (Å²) >= 11 is 0. The first-order valence-corrected chi connectivity index (χ1v) is 13.3. The van der Waals surface area contributed by atoms with Gasteiger partial charge in [0.05, 0.1) is 53.5 Å². The molecule has 5 rings (SSSR count). The first-order valence-electron chi connectivity index (χ1n) is 13.3. The number of halogens is 1. The molecule has 0 saturated carbocycles. The van der Waals surface area contributed by atoms with Gasteiger partial charge in [-0.25, -0.2) is 9.07 Å². The van der Waals surface area contributed by atoms with Crippen LogP contribution in [0.25, 0.3) is 34.2 Å². The van der Waals surface area contributed by atoms with Gasteiger partial charge < -0.3 is 14.6 Å². The quantitative estimate of drug-likeness (QED) is 0.392. The molecule has 4 aromatic rings. The Kier molecular flexibility index (Phi) is 7.46. The van der Waals surface area contributed by atoms with Crippen LogP contribution >= 0.6 is 0 Å². The number of nitrogens with zero attached hydrogens (tertiary/aromatic N) is 6. The first-order chi connectivity index (χ1) is 18.7. The van der Waals surface area contributed by atoms with E-state index in [2.05, 4.69) is 34.0 Å². The molecule has 0 aliphatic carbocycles. The summed E-state index contributed by atoms with van der Waals surface area (Å²) in [5.74, 6) is 0.603. The number of H-pyrrole nitrogens is 1. The average molecular weight is 538 g/mol. The lowest BCUT2D eigenvalue weighted by molar-refractivity contribution is 0.109. The SMILES string of the molecule is CC(C)Oc1nn(CCO)c2c1/C=C/c1n[nH]c3cc(F)c(cc13)-c1cnn(C)c1O[C@H](C)CN(C(C)C)C2. The highest BCUT2D eigenvalue weighted by atomic mass is 19.1. The molecule has 0 radical (unpaired) electrons. The van der Waals surface area contributed by atoms with E-state index in [0.29, 0.717) is 53.7 Å². The lowest BCUT2D eigenvalue weighted by atomic mass is 10.0. The van der Waals surface area contributed by atoms with Crippen LogP contribution in [0.5, 0.6) is 11.8 Å². The minimum absolute atomic E-state index is 0.0538. The van der Waals surface area contributed by atoms with Crippen LogP contribution in [0.15, 0.2) is 18.3 Å². The summed E-state index contributed by atoms with van der Waals surface area (Å²) in [5, 5.41) is 27.1. The van der Waals surface area contributed by atoms with Gasteiger partial charge in [0.2, 0.25) is 11.8 Å². The monoisotopic (exact) mass is 537 g/mol. The Morgan fingerprint density at radius 3 is 2.72 bits per heavy atom. The van der Waals surface area contributed by atoms with Crippen LogP contribution in [0.3, 0.4) is 0 Å². The number of aliphatic hydroxyl groups is 1. The van der Waals surface area contributed by atoms with Gasteiger partial charge in [0.25, 0.3) is 0 Å². The van der Waals surface area contributed by atoms with Gasteiger partial charge in [-0.15, -0.1) is 5.10 Å². The summed E-state index contributed by atoms with van der Waals surface area (Å²) in [7, 11) is 1.79. The summed E-state index contributed by atoms with van der Waals surface area (Å²) in [6, 6.07) is 3.41. The van der Waals surface area contributed by atoms with Crippen LogP contribution in [0, 0.1) is 5.82 Å². The Labute approximate surface area is 227 Å². The molecule has 1 aromatic carbocycles. The number of benzene rings is 1. The van der Waals surface area contributed by atoms with Gasteiger partial charge in [0.15, 0.2) is 0 Å². The van der Waals surface area contributed by atoms with Crippen molar-refractivity contribution in [3.8, 4) is 22.9 Å². The Balaban J connectivity index is 1.73. The molecule has 1 atom stereocenters. The maximum atomic E-state index is 15.4. The molecular weight excluding hydrogens is 501 g/mol. The second-order valence-electron chi connectivity index (χ2n) is 10.5. The summed E-state index contributed by atoms with van der Waals surface area (Å²) < 4.78 is 31.3. The lowest BCUT2D eigenvalue weighted by Crippen LogP contribution is -2.39. The van der Waals surface area contributed by atoms with E-state index >= 15 is 4.39 Å². The number of fused-ring (bicyclic) bond motifs is 4. The molecule has 1 aliphatic heterocycles. The third-order valence-electron chi connectivity index (χ3n) is 6.87. The molecule has 4 heterocycles. The van der Waals surface area contributed by atoms with E-state index in [4.69, 9.17) is 14.6 Å². The normalized spacial score (nSPS) is 17.2. The number of ether oxygens (including phenoxy) is 2. The highest BCUT2D eigenvalue weighted by Crippen LogP contribution is 2.36. The van der Waals surface area contributed by atoms with Crippen molar-refractivity contribution in [2.45, 2.75) is 66.0 Å². The van der Waals surface area contributed by atoms with Gasteiger partial charge in [-0.3, -0.25) is 14.7 Å². The van der Waals surface area contributed by atoms with Crippen LogP contribution in [0.2, 0.25) is 0 Å². The summed E-state index contributed by atoms with van der Waals surface area (Å²) in [5.41, 5.74) is 3.94. The average Bonchev–Trinajstić information content (AvgIpc) is 3.52. The fraction of sp³-hybridized carbons (Fsp3) is 0.464. The number of aromatic amines is 1. The van der Waals surface area contributed by atoms with E-state index in [1.807, 2.05) is 37.6 Å². The van der Waals surface area contributed by atoms with Crippen molar-refractivity contribution in [1.29, 1.82) is 0 Å². The van der Waals surface area contributed by atoms with Gasteiger partial charge in [0.1, 0.15) is 11.9 Å². The van der Waals surface area contributed by atoms with E-state index in [1.54, 1.807) is 24.0 Å². The molecule has 2 N–H and O–H groups in total. The summed E-state index contributed by atoms with van der Waals surface area (Å²) in [6.07, 6.45) is 5.15. The van der Waals surface area contributed by atoms with Crippen molar-refractivity contribution in [3.63, 3.8) is 0 Å². The van der Waals surface area contributed by atoms with E-state index in [1.165, 1.54) is 6.07 Å². The Bertz CT molecular complexity index is 1500. The molecule has 11 heteroatoms. The zero-order chi connectivity index (χ0) is 27.8. The van der Waals surface area contributed by atoms with Gasteiger partial charge in [-0.2, -0.15) is 10.2 Å². The number of hydrogen-bond acceptors (Lipinski definition) is 7. The van der Waals surface area contributed by atoms with E-state index in [9.17, 15) is 5.11 Å². The number of aromatic nitrogens is 6. The van der Waals surface area contributed by atoms with Crippen molar-refractivity contribution >= 4 is 23.1 Å². The zero-order valence-electron chi connectivity index (χ0n) is 23.3. The molecule has 3 aromatic heterocycles. The number of aliphatic hydroxyl groups excluding tert-OH is 1. The standard InChI is InChI=1S/C28H36FN7O3/c1-16(2)35-14-18(5)39-28-22(13-30-34(28)6)20-11-21-24(31-32-25(21)12-23(20)29)8-7-19-26(15-35)36(9-10-37)33-27(19)38-17(3)4/h7-8,11-13,16-18,37H,9-10,14-15H2,1-6H3,(H,31,32)/b8-7+/t18-/m1/s1. The molecule has 0 spiro atoms. The van der Waals surface area contributed by atoms with Crippen molar-refractivity contribution < 1.29 is 19.0 Å². The van der Waals surface area contributed by atoms with Crippen LogP contribution < -0.4 is 9.47 Å². The number of rotatable bonds is 5. The van der Waals surface area contributed by atoms with Gasteiger partial charge in [-0.05, 0) is 52.8 Å². The summed E-state index contributed by atoms with van der Waals surface area (Å²) in [6.45, 7) is 11.6. The van der Waals surface area contributed by atoms with Gasteiger partial charge in [-0.1, -0.05) is 0 Å². The second kappa shape index (κ2) is 10.8. The minimum Gasteiger partial charge on any atom is -0.473 e. The second-order valence-corrected chi connectivity index (χ2v) is 10.5. The zero-order valence-corrected chi connectivity index (χ0v) is 23.3. The molecule has 0 fully saturated rings. The largest absolute Gasteiger partial charge is 0.473 e. The maximum absolute atomic E-state index is 15.4. The Morgan fingerprint density at radius 1 is 1.21 bits per heavy atom. The molecule has 1 aliphatic rings. The molecule has 10 nitrogen and oxygen atoms in total. The summed E-state index contributed by atoms with van der Waals surface area (Å²) in [4.78, 5) is 2.29.